The fraction of sp³-hybridized carbons (Fsp3) is 0. The summed E-state index contributed by atoms with van der Waals surface area (Å²) in [7, 11) is 0. The highest BCUT2D eigenvalue weighted by Crippen LogP contribution is 2.18. The highest BCUT2D eigenvalue weighted by atomic mass is 15.1. The van der Waals surface area contributed by atoms with Gasteiger partial charge in [-0.3, -0.25) is 4.57 Å². The van der Waals surface area contributed by atoms with Gasteiger partial charge in [0, 0.05) is 6.20 Å². The van der Waals surface area contributed by atoms with Crippen molar-refractivity contribution in [2.45, 2.75) is 0 Å². The van der Waals surface area contributed by atoms with Gasteiger partial charge in [0.2, 0.25) is 0 Å². The highest BCUT2D eigenvalue weighted by molar-refractivity contribution is 5.77. The molecule has 0 aliphatic carbocycles. The van der Waals surface area contributed by atoms with E-state index >= 15 is 0 Å². The summed E-state index contributed by atoms with van der Waals surface area (Å²) >= 11 is 0. The van der Waals surface area contributed by atoms with Gasteiger partial charge in [-0.2, -0.15) is 5.26 Å². The predicted octanol–water partition coefficient (Wildman–Crippen LogP) is 2.29. The molecule has 0 amide bonds. The van der Waals surface area contributed by atoms with Crippen molar-refractivity contribution in [1.82, 2.24) is 14.5 Å². The van der Waals surface area contributed by atoms with Crippen LogP contribution >= 0.6 is 0 Å². The molecule has 80 valence electrons. The third kappa shape index (κ3) is 1.45. The standard InChI is InChI=1S/C13H8N4/c14-8-10-4-3-7-15-13(10)17-9-16-11-5-1-2-6-12(11)17/h1-7,9H. The third-order valence-electron chi connectivity index (χ3n) is 2.59. The minimum atomic E-state index is 0.538. The van der Waals surface area contributed by atoms with Crippen molar-refractivity contribution in [1.29, 1.82) is 5.26 Å². The second-order valence-electron chi connectivity index (χ2n) is 3.59. The topological polar surface area (TPSA) is 54.5 Å². The van der Waals surface area contributed by atoms with Crippen molar-refractivity contribution in [3.63, 3.8) is 0 Å². The van der Waals surface area contributed by atoms with Crippen molar-refractivity contribution in [2.24, 2.45) is 0 Å². The zero-order valence-corrected chi connectivity index (χ0v) is 8.91. The van der Waals surface area contributed by atoms with Gasteiger partial charge >= 0.3 is 0 Å². The Kier molecular flexibility index (Phi) is 2.09. The summed E-state index contributed by atoms with van der Waals surface area (Å²) in [5, 5.41) is 9.07. The van der Waals surface area contributed by atoms with Crippen molar-refractivity contribution < 1.29 is 0 Å². The van der Waals surface area contributed by atoms with Crippen LogP contribution in [0.4, 0.5) is 0 Å². The number of hydrogen-bond donors (Lipinski definition) is 0. The molecule has 0 atom stereocenters. The molecule has 4 heteroatoms. The number of imidazole rings is 1. The Morgan fingerprint density at radius 1 is 1.06 bits per heavy atom. The Bertz CT molecular complexity index is 721. The molecule has 3 rings (SSSR count). The van der Waals surface area contributed by atoms with Crippen molar-refractivity contribution >= 4 is 11.0 Å². The van der Waals surface area contributed by atoms with E-state index in [0.717, 1.165) is 11.0 Å². The van der Waals surface area contributed by atoms with E-state index in [4.69, 9.17) is 5.26 Å². The molecule has 0 saturated heterocycles. The van der Waals surface area contributed by atoms with Gasteiger partial charge in [0.1, 0.15) is 12.4 Å². The molecule has 0 spiro atoms. The molecule has 1 aromatic carbocycles. The highest BCUT2D eigenvalue weighted by Gasteiger charge is 2.08. The number of nitrogens with zero attached hydrogens (tertiary/aromatic N) is 4. The van der Waals surface area contributed by atoms with E-state index in [-0.39, 0.29) is 0 Å². The molecule has 0 radical (unpaired) electrons. The van der Waals surface area contributed by atoms with Crippen LogP contribution in [0.25, 0.3) is 16.9 Å². The van der Waals surface area contributed by atoms with E-state index in [1.54, 1.807) is 24.7 Å². The molecule has 0 bridgehead atoms. The lowest BCUT2D eigenvalue weighted by Crippen LogP contribution is -1.98. The molecule has 3 aromatic rings. The molecule has 2 heterocycles. The van der Waals surface area contributed by atoms with Crippen molar-refractivity contribution in [2.75, 3.05) is 0 Å². The van der Waals surface area contributed by atoms with Crippen LogP contribution in [0.2, 0.25) is 0 Å². The number of aromatic nitrogens is 3. The fourth-order valence-electron chi connectivity index (χ4n) is 1.80. The summed E-state index contributed by atoms with van der Waals surface area (Å²) in [4.78, 5) is 8.53. The van der Waals surface area contributed by atoms with Crippen LogP contribution in [-0.4, -0.2) is 14.5 Å². The minimum absolute atomic E-state index is 0.538. The van der Waals surface area contributed by atoms with Crippen LogP contribution in [0.3, 0.4) is 0 Å². The number of hydrogen-bond acceptors (Lipinski definition) is 3. The van der Waals surface area contributed by atoms with Crippen LogP contribution in [0, 0.1) is 11.3 Å². The molecular formula is C13H8N4. The number of pyridine rings is 1. The van der Waals surface area contributed by atoms with Crippen LogP contribution < -0.4 is 0 Å². The lowest BCUT2D eigenvalue weighted by Gasteiger charge is -2.04. The number of benzene rings is 1. The maximum atomic E-state index is 9.07. The molecule has 0 aliphatic rings. The quantitative estimate of drug-likeness (QED) is 0.632. The predicted molar refractivity (Wildman–Crippen MR) is 63.6 cm³/mol. The molecule has 4 nitrogen and oxygen atoms in total. The van der Waals surface area contributed by atoms with Crippen molar-refractivity contribution in [3.05, 3.63) is 54.5 Å². The average Bonchev–Trinajstić information content (AvgIpc) is 2.82. The zero-order valence-electron chi connectivity index (χ0n) is 8.91. The Morgan fingerprint density at radius 3 is 2.82 bits per heavy atom. The smallest absolute Gasteiger partial charge is 0.156 e. The van der Waals surface area contributed by atoms with Gasteiger partial charge in [-0.15, -0.1) is 0 Å². The van der Waals surface area contributed by atoms with Crippen LogP contribution in [-0.2, 0) is 0 Å². The summed E-state index contributed by atoms with van der Waals surface area (Å²) in [6.07, 6.45) is 3.36. The first-order chi connectivity index (χ1) is 8.40. The van der Waals surface area contributed by atoms with Gasteiger partial charge in [-0.05, 0) is 24.3 Å². The van der Waals surface area contributed by atoms with Crippen molar-refractivity contribution in [3.8, 4) is 11.9 Å². The number of para-hydroxylation sites is 2. The maximum absolute atomic E-state index is 9.07. The van der Waals surface area contributed by atoms with Crippen LogP contribution in [0.15, 0.2) is 48.9 Å². The Hall–Kier alpha value is -2.67. The van der Waals surface area contributed by atoms with E-state index in [1.165, 1.54) is 0 Å². The van der Waals surface area contributed by atoms with Gasteiger partial charge in [0.25, 0.3) is 0 Å². The zero-order chi connectivity index (χ0) is 11.7. The largest absolute Gasteiger partial charge is 0.282 e. The van der Waals surface area contributed by atoms with Gasteiger partial charge in [0.15, 0.2) is 5.82 Å². The molecular weight excluding hydrogens is 212 g/mol. The first-order valence-corrected chi connectivity index (χ1v) is 5.18. The Balaban J connectivity index is 2.32. The average molecular weight is 220 g/mol. The lowest BCUT2D eigenvalue weighted by atomic mass is 10.2. The number of fused-ring (bicyclic) bond motifs is 1. The fourth-order valence-corrected chi connectivity index (χ4v) is 1.80. The molecule has 2 aromatic heterocycles. The summed E-state index contributed by atoms with van der Waals surface area (Å²) < 4.78 is 1.83. The maximum Gasteiger partial charge on any atom is 0.156 e. The van der Waals surface area contributed by atoms with Gasteiger partial charge in [0.05, 0.1) is 16.6 Å². The first kappa shape index (κ1) is 9.55. The third-order valence-corrected chi connectivity index (χ3v) is 2.59. The van der Waals surface area contributed by atoms with E-state index in [2.05, 4.69) is 16.0 Å². The first-order valence-electron chi connectivity index (χ1n) is 5.18. The normalized spacial score (nSPS) is 10.3. The number of rotatable bonds is 1. The summed E-state index contributed by atoms with van der Waals surface area (Å²) in [6, 6.07) is 13.4. The summed E-state index contributed by atoms with van der Waals surface area (Å²) in [5.74, 6) is 0.615. The monoisotopic (exact) mass is 220 g/mol. The van der Waals surface area contributed by atoms with Crippen LogP contribution in [0.5, 0.6) is 0 Å². The van der Waals surface area contributed by atoms with E-state index in [0.29, 0.717) is 11.4 Å². The molecule has 17 heavy (non-hydrogen) atoms. The molecule has 0 aliphatic heterocycles. The van der Waals surface area contributed by atoms with E-state index < -0.39 is 0 Å². The van der Waals surface area contributed by atoms with Gasteiger partial charge in [-0.1, -0.05) is 12.1 Å². The second-order valence-corrected chi connectivity index (χ2v) is 3.59. The molecule has 0 N–H and O–H groups in total. The summed E-state index contributed by atoms with van der Waals surface area (Å²) in [5.41, 5.74) is 2.38. The van der Waals surface area contributed by atoms with E-state index in [1.807, 2.05) is 28.8 Å². The Labute approximate surface area is 97.8 Å². The van der Waals surface area contributed by atoms with Crippen LogP contribution in [0.1, 0.15) is 5.56 Å². The number of nitriles is 1. The molecule has 0 unspecified atom stereocenters. The molecule has 0 fully saturated rings. The van der Waals surface area contributed by atoms with Gasteiger partial charge in [-0.25, -0.2) is 9.97 Å². The van der Waals surface area contributed by atoms with Gasteiger partial charge < -0.3 is 0 Å². The SMILES string of the molecule is N#Cc1cccnc1-n1cnc2ccccc21. The second kappa shape index (κ2) is 3.72. The summed E-state index contributed by atoms with van der Waals surface area (Å²) in [6.45, 7) is 0. The Morgan fingerprint density at radius 2 is 1.94 bits per heavy atom. The minimum Gasteiger partial charge on any atom is -0.282 e. The lowest BCUT2D eigenvalue weighted by molar-refractivity contribution is 1.01. The van der Waals surface area contributed by atoms with E-state index in [9.17, 15) is 0 Å². The molecule has 0 saturated carbocycles.